The van der Waals surface area contributed by atoms with Crippen molar-refractivity contribution in [2.75, 3.05) is 0 Å². The van der Waals surface area contributed by atoms with Crippen molar-refractivity contribution in [3.63, 3.8) is 0 Å². The molecule has 3 nitrogen and oxygen atoms in total. The maximum atomic E-state index is 4.32. The number of aryl methyl sites for hydroxylation is 1. The monoisotopic (exact) mass is 305 g/mol. The third-order valence-electron chi connectivity index (χ3n) is 4.51. The lowest BCUT2D eigenvalue weighted by atomic mass is 9.82. The quantitative estimate of drug-likeness (QED) is 0.621. The van der Waals surface area contributed by atoms with Gasteiger partial charge in [-0.15, -0.1) is 0 Å². The highest BCUT2D eigenvalue weighted by Crippen LogP contribution is 2.30. The van der Waals surface area contributed by atoms with E-state index in [2.05, 4.69) is 73.0 Å². The zero-order valence-corrected chi connectivity index (χ0v) is 13.9. The van der Waals surface area contributed by atoms with Crippen LogP contribution in [0.2, 0.25) is 0 Å². The SMILES string of the molecule is C=C(CCc1ccc2ccccc2c1)C(C)(C)Cn1cncn1. The van der Waals surface area contributed by atoms with Crippen molar-refractivity contribution in [3.8, 4) is 0 Å². The molecule has 0 spiro atoms. The van der Waals surface area contributed by atoms with Crippen molar-refractivity contribution in [2.24, 2.45) is 5.41 Å². The minimum atomic E-state index is 0.00451. The minimum Gasteiger partial charge on any atom is -0.252 e. The Bertz CT molecular complexity index is 801. The molecule has 0 fully saturated rings. The van der Waals surface area contributed by atoms with Crippen LogP contribution in [-0.2, 0) is 13.0 Å². The van der Waals surface area contributed by atoms with Gasteiger partial charge in [-0.05, 0) is 29.2 Å². The predicted octanol–water partition coefficient (Wildman–Crippen LogP) is 4.65. The first-order valence-corrected chi connectivity index (χ1v) is 8.03. The molecule has 0 aliphatic rings. The molecule has 0 amide bonds. The molecule has 0 N–H and O–H groups in total. The van der Waals surface area contributed by atoms with E-state index in [1.54, 1.807) is 12.7 Å². The van der Waals surface area contributed by atoms with Crippen molar-refractivity contribution in [1.82, 2.24) is 14.8 Å². The molecule has 2 aromatic carbocycles. The molecule has 1 aromatic heterocycles. The molecular formula is C20H23N3. The first-order chi connectivity index (χ1) is 11.0. The van der Waals surface area contributed by atoms with Crippen LogP contribution in [0.3, 0.4) is 0 Å². The summed E-state index contributed by atoms with van der Waals surface area (Å²) in [6.07, 6.45) is 5.34. The van der Waals surface area contributed by atoms with Gasteiger partial charge in [0.25, 0.3) is 0 Å². The van der Waals surface area contributed by atoms with Gasteiger partial charge < -0.3 is 0 Å². The maximum Gasteiger partial charge on any atom is 0.137 e. The van der Waals surface area contributed by atoms with Gasteiger partial charge in [-0.3, -0.25) is 4.68 Å². The molecule has 0 bridgehead atoms. The lowest BCUT2D eigenvalue weighted by Gasteiger charge is -2.27. The normalized spacial score (nSPS) is 11.7. The van der Waals surface area contributed by atoms with Crippen LogP contribution >= 0.6 is 0 Å². The van der Waals surface area contributed by atoms with Gasteiger partial charge in [0.2, 0.25) is 0 Å². The molecule has 118 valence electrons. The lowest BCUT2D eigenvalue weighted by molar-refractivity contribution is 0.341. The highest BCUT2D eigenvalue weighted by Gasteiger charge is 2.22. The van der Waals surface area contributed by atoms with Crippen molar-refractivity contribution in [3.05, 3.63) is 72.8 Å². The van der Waals surface area contributed by atoms with Crippen molar-refractivity contribution in [1.29, 1.82) is 0 Å². The Hall–Kier alpha value is -2.42. The third-order valence-corrected chi connectivity index (χ3v) is 4.51. The van der Waals surface area contributed by atoms with Gasteiger partial charge in [0.1, 0.15) is 12.7 Å². The molecular weight excluding hydrogens is 282 g/mol. The van der Waals surface area contributed by atoms with E-state index in [-0.39, 0.29) is 5.41 Å². The first kappa shape index (κ1) is 15.5. The average Bonchev–Trinajstić information content (AvgIpc) is 3.04. The van der Waals surface area contributed by atoms with Crippen molar-refractivity contribution < 1.29 is 0 Å². The number of rotatable bonds is 6. The Kier molecular flexibility index (Phi) is 4.28. The average molecular weight is 305 g/mol. The van der Waals surface area contributed by atoms with Crippen LogP contribution in [0.5, 0.6) is 0 Å². The zero-order valence-electron chi connectivity index (χ0n) is 13.9. The van der Waals surface area contributed by atoms with Gasteiger partial charge in [-0.25, -0.2) is 4.98 Å². The number of nitrogens with zero attached hydrogens (tertiary/aromatic N) is 3. The highest BCUT2D eigenvalue weighted by molar-refractivity contribution is 5.82. The fourth-order valence-electron chi connectivity index (χ4n) is 2.86. The van der Waals surface area contributed by atoms with E-state index >= 15 is 0 Å². The van der Waals surface area contributed by atoms with Gasteiger partial charge >= 0.3 is 0 Å². The smallest absolute Gasteiger partial charge is 0.137 e. The van der Waals surface area contributed by atoms with E-state index in [0.717, 1.165) is 19.4 Å². The maximum absolute atomic E-state index is 4.32. The Labute approximate surface area is 137 Å². The van der Waals surface area contributed by atoms with Crippen molar-refractivity contribution >= 4 is 10.8 Å². The molecule has 0 unspecified atom stereocenters. The van der Waals surface area contributed by atoms with Gasteiger partial charge in [0.05, 0.1) is 6.54 Å². The summed E-state index contributed by atoms with van der Waals surface area (Å²) >= 11 is 0. The van der Waals surface area contributed by atoms with Gasteiger partial charge in [0.15, 0.2) is 0 Å². The van der Waals surface area contributed by atoms with Crippen LogP contribution in [0.4, 0.5) is 0 Å². The molecule has 0 atom stereocenters. The molecule has 0 saturated carbocycles. The molecule has 0 saturated heterocycles. The second kappa shape index (κ2) is 6.37. The standard InChI is InChI=1S/C20H23N3/c1-16(20(2,3)13-23-15-21-14-22-23)8-9-17-10-11-18-6-4-5-7-19(18)12-17/h4-7,10-12,14-15H,1,8-9,13H2,2-3H3. The molecule has 3 aromatic rings. The minimum absolute atomic E-state index is 0.00451. The van der Waals surface area contributed by atoms with Crippen LogP contribution < -0.4 is 0 Å². The summed E-state index contributed by atoms with van der Waals surface area (Å²) in [5.41, 5.74) is 2.62. The number of benzene rings is 2. The molecule has 0 radical (unpaired) electrons. The first-order valence-electron chi connectivity index (χ1n) is 8.03. The van der Waals surface area contributed by atoms with E-state index in [1.165, 1.54) is 21.9 Å². The Balaban J connectivity index is 1.65. The molecule has 0 aliphatic carbocycles. The molecule has 0 aliphatic heterocycles. The van der Waals surface area contributed by atoms with Gasteiger partial charge in [-0.1, -0.05) is 68.5 Å². The molecule has 3 rings (SSSR count). The van der Waals surface area contributed by atoms with Crippen LogP contribution in [0.1, 0.15) is 25.8 Å². The van der Waals surface area contributed by atoms with Crippen LogP contribution in [0.15, 0.2) is 67.3 Å². The third kappa shape index (κ3) is 3.67. The Morgan fingerprint density at radius 3 is 2.65 bits per heavy atom. The van der Waals surface area contributed by atoms with E-state index in [0.29, 0.717) is 0 Å². The number of allylic oxidation sites excluding steroid dienone is 1. The van der Waals surface area contributed by atoms with E-state index in [1.807, 2.05) is 4.68 Å². The Morgan fingerprint density at radius 1 is 1.13 bits per heavy atom. The second-order valence-corrected chi connectivity index (χ2v) is 6.76. The second-order valence-electron chi connectivity index (χ2n) is 6.76. The summed E-state index contributed by atoms with van der Waals surface area (Å²) < 4.78 is 1.88. The summed E-state index contributed by atoms with van der Waals surface area (Å²) in [6, 6.07) is 15.2. The summed E-state index contributed by atoms with van der Waals surface area (Å²) in [7, 11) is 0. The van der Waals surface area contributed by atoms with Crippen LogP contribution in [0, 0.1) is 5.41 Å². The fourth-order valence-corrected chi connectivity index (χ4v) is 2.86. The molecule has 3 heteroatoms. The number of hydrogen-bond acceptors (Lipinski definition) is 2. The summed E-state index contributed by atoms with van der Waals surface area (Å²) in [5.74, 6) is 0. The number of fused-ring (bicyclic) bond motifs is 1. The van der Waals surface area contributed by atoms with Crippen LogP contribution in [0.25, 0.3) is 10.8 Å². The van der Waals surface area contributed by atoms with Gasteiger partial charge in [0, 0.05) is 5.41 Å². The van der Waals surface area contributed by atoms with E-state index < -0.39 is 0 Å². The predicted molar refractivity (Wildman–Crippen MR) is 95.2 cm³/mol. The van der Waals surface area contributed by atoms with Crippen molar-refractivity contribution in [2.45, 2.75) is 33.2 Å². The van der Waals surface area contributed by atoms with E-state index in [4.69, 9.17) is 0 Å². The highest BCUT2D eigenvalue weighted by atomic mass is 15.3. The number of aromatic nitrogens is 3. The largest absolute Gasteiger partial charge is 0.252 e. The lowest BCUT2D eigenvalue weighted by Crippen LogP contribution is -2.22. The topological polar surface area (TPSA) is 30.7 Å². The van der Waals surface area contributed by atoms with E-state index in [9.17, 15) is 0 Å². The fraction of sp³-hybridized carbons (Fsp3) is 0.300. The summed E-state index contributed by atoms with van der Waals surface area (Å²) in [6.45, 7) is 9.57. The van der Waals surface area contributed by atoms with Crippen LogP contribution in [-0.4, -0.2) is 14.8 Å². The molecule has 23 heavy (non-hydrogen) atoms. The molecule has 1 heterocycles. The Morgan fingerprint density at radius 2 is 1.91 bits per heavy atom. The summed E-state index contributed by atoms with van der Waals surface area (Å²) in [4.78, 5) is 4.01. The summed E-state index contributed by atoms with van der Waals surface area (Å²) in [5, 5.41) is 6.80. The number of hydrogen-bond donors (Lipinski definition) is 0. The zero-order chi connectivity index (χ0) is 16.3. The van der Waals surface area contributed by atoms with Gasteiger partial charge in [-0.2, -0.15) is 5.10 Å².